The van der Waals surface area contributed by atoms with Gasteiger partial charge in [0.05, 0.1) is 6.10 Å². The van der Waals surface area contributed by atoms with Crippen LogP contribution in [0.15, 0.2) is 30.3 Å². The second kappa shape index (κ2) is 9.77. The largest absolute Gasteiger partial charge is 0.376 e. The van der Waals surface area contributed by atoms with Crippen LogP contribution in [0.1, 0.15) is 31.2 Å². The van der Waals surface area contributed by atoms with Gasteiger partial charge in [-0.05, 0) is 31.4 Å². The van der Waals surface area contributed by atoms with E-state index in [1.165, 1.54) is 0 Å². The summed E-state index contributed by atoms with van der Waals surface area (Å²) in [4.78, 5) is 14.2. The molecule has 1 fully saturated rings. The summed E-state index contributed by atoms with van der Waals surface area (Å²) in [5.41, 5.74) is 6.66. The molecule has 0 bridgehead atoms. The van der Waals surface area contributed by atoms with Crippen molar-refractivity contribution in [3.8, 4) is 0 Å². The highest BCUT2D eigenvalue weighted by molar-refractivity contribution is 5.85. The molecule has 0 radical (unpaired) electrons. The van der Waals surface area contributed by atoms with Gasteiger partial charge in [0, 0.05) is 26.1 Å². The van der Waals surface area contributed by atoms with Crippen LogP contribution in [0, 0.1) is 0 Å². The second-order valence-electron chi connectivity index (χ2n) is 5.29. The van der Waals surface area contributed by atoms with E-state index in [4.69, 9.17) is 10.5 Å². The number of nitrogens with two attached hydrogens (primary N) is 1. The van der Waals surface area contributed by atoms with Crippen molar-refractivity contribution in [1.82, 2.24) is 4.90 Å². The molecule has 0 saturated carbocycles. The number of amides is 1. The third kappa shape index (κ3) is 6.04. The molecule has 1 aromatic carbocycles. The molecule has 1 amide bonds. The summed E-state index contributed by atoms with van der Waals surface area (Å²) in [6.45, 7) is 2.73. The summed E-state index contributed by atoms with van der Waals surface area (Å²) in [5, 5.41) is 0. The van der Waals surface area contributed by atoms with Crippen molar-refractivity contribution in [2.24, 2.45) is 5.73 Å². The fraction of sp³-hybridized carbons (Fsp3) is 0.562. The Morgan fingerprint density at radius 1 is 1.33 bits per heavy atom. The summed E-state index contributed by atoms with van der Waals surface area (Å²) < 4.78 is 5.66. The van der Waals surface area contributed by atoms with E-state index in [0.29, 0.717) is 26.1 Å². The molecule has 1 atom stereocenters. The molecule has 1 saturated heterocycles. The SMILES string of the molecule is Cl.NCCCC(=O)N(Cc1ccccc1)CC1CCCO1. The van der Waals surface area contributed by atoms with Crippen LogP contribution in [0.25, 0.3) is 0 Å². The molecule has 5 heteroatoms. The van der Waals surface area contributed by atoms with Crippen LogP contribution in [0.4, 0.5) is 0 Å². The average molecular weight is 313 g/mol. The molecule has 4 nitrogen and oxygen atoms in total. The van der Waals surface area contributed by atoms with Crippen molar-refractivity contribution in [3.05, 3.63) is 35.9 Å². The van der Waals surface area contributed by atoms with Crippen molar-refractivity contribution in [1.29, 1.82) is 0 Å². The van der Waals surface area contributed by atoms with E-state index in [1.807, 2.05) is 23.1 Å². The van der Waals surface area contributed by atoms with E-state index < -0.39 is 0 Å². The Bertz CT molecular complexity index is 408. The highest BCUT2D eigenvalue weighted by atomic mass is 35.5. The van der Waals surface area contributed by atoms with E-state index in [2.05, 4.69) is 12.1 Å². The van der Waals surface area contributed by atoms with Crippen molar-refractivity contribution < 1.29 is 9.53 Å². The van der Waals surface area contributed by atoms with Gasteiger partial charge in [-0.15, -0.1) is 12.4 Å². The predicted octanol–water partition coefficient (Wildman–Crippen LogP) is 2.35. The zero-order valence-electron chi connectivity index (χ0n) is 12.4. The van der Waals surface area contributed by atoms with Gasteiger partial charge in [-0.1, -0.05) is 30.3 Å². The lowest BCUT2D eigenvalue weighted by Crippen LogP contribution is -2.37. The Kier molecular flexibility index (Phi) is 8.35. The van der Waals surface area contributed by atoms with Gasteiger partial charge < -0.3 is 15.4 Å². The fourth-order valence-corrected chi connectivity index (χ4v) is 2.50. The number of benzene rings is 1. The number of ether oxygens (including phenoxy) is 1. The summed E-state index contributed by atoms with van der Waals surface area (Å²) in [6.07, 6.45) is 3.61. The van der Waals surface area contributed by atoms with Crippen LogP contribution in [0.2, 0.25) is 0 Å². The number of carbonyl (C=O) groups excluding carboxylic acids is 1. The third-order valence-corrected chi connectivity index (χ3v) is 3.61. The van der Waals surface area contributed by atoms with Crippen molar-refractivity contribution in [2.45, 2.75) is 38.3 Å². The van der Waals surface area contributed by atoms with E-state index in [9.17, 15) is 4.79 Å². The van der Waals surface area contributed by atoms with E-state index in [-0.39, 0.29) is 24.4 Å². The number of hydrogen-bond donors (Lipinski definition) is 1. The molecule has 0 spiro atoms. The smallest absolute Gasteiger partial charge is 0.223 e. The number of halogens is 1. The van der Waals surface area contributed by atoms with Gasteiger partial charge >= 0.3 is 0 Å². The normalized spacial score (nSPS) is 17.3. The molecule has 1 aromatic rings. The Morgan fingerprint density at radius 2 is 2.10 bits per heavy atom. The van der Waals surface area contributed by atoms with Gasteiger partial charge in [-0.25, -0.2) is 0 Å². The minimum atomic E-state index is 0. The highest BCUT2D eigenvalue weighted by Crippen LogP contribution is 2.16. The summed E-state index contributed by atoms with van der Waals surface area (Å²) in [6, 6.07) is 10.1. The molecule has 2 N–H and O–H groups in total. The highest BCUT2D eigenvalue weighted by Gasteiger charge is 2.22. The van der Waals surface area contributed by atoms with Crippen LogP contribution in [0.3, 0.4) is 0 Å². The van der Waals surface area contributed by atoms with Gasteiger partial charge in [0.25, 0.3) is 0 Å². The van der Waals surface area contributed by atoms with Gasteiger partial charge in [-0.3, -0.25) is 4.79 Å². The maximum absolute atomic E-state index is 12.3. The van der Waals surface area contributed by atoms with Crippen LogP contribution < -0.4 is 5.73 Å². The molecular weight excluding hydrogens is 288 g/mol. The van der Waals surface area contributed by atoms with Crippen molar-refractivity contribution in [3.63, 3.8) is 0 Å². The summed E-state index contributed by atoms with van der Waals surface area (Å²) in [5.74, 6) is 0.176. The first-order chi connectivity index (χ1) is 9.79. The topological polar surface area (TPSA) is 55.6 Å². The zero-order chi connectivity index (χ0) is 14.2. The van der Waals surface area contributed by atoms with E-state index in [1.54, 1.807) is 0 Å². The number of hydrogen-bond acceptors (Lipinski definition) is 3. The van der Waals surface area contributed by atoms with Crippen LogP contribution in [-0.4, -0.2) is 36.6 Å². The number of carbonyl (C=O) groups is 1. The van der Waals surface area contributed by atoms with Crippen molar-refractivity contribution >= 4 is 18.3 Å². The average Bonchev–Trinajstić information content (AvgIpc) is 2.98. The zero-order valence-corrected chi connectivity index (χ0v) is 13.2. The molecule has 0 aromatic heterocycles. The summed E-state index contributed by atoms with van der Waals surface area (Å²) >= 11 is 0. The lowest BCUT2D eigenvalue weighted by Gasteiger charge is -2.25. The van der Waals surface area contributed by atoms with Gasteiger partial charge in [-0.2, -0.15) is 0 Å². The van der Waals surface area contributed by atoms with Crippen LogP contribution in [-0.2, 0) is 16.1 Å². The molecule has 1 unspecified atom stereocenters. The minimum Gasteiger partial charge on any atom is -0.376 e. The molecule has 2 rings (SSSR count). The Balaban J connectivity index is 0.00000220. The van der Waals surface area contributed by atoms with Crippen LogP contribution in [0.5, 0.6) is 0 Å². The summed E-state index contributed by atoms with van der Waals surface area (Å²) in [7, 11) is 0. The Hall–Kier alpha value is -1.10. The van der Waals surface area contributed by atoms with Gasteiger partial charge in [0.2, 0.25) is 5.91 Å². The van der Waals surface area contributed by atoms with E-state index in [0.717, 1.165) is 31.4 Å². The predicted molar refractivity (Wildman–Crippen MR) is 86.4 cm³/mol. The molecule has 1 aliphatic heterocycles. The molecule has 21 heavy (non-hydrogen) atoms. The standard InChI is InChI=1S/C16H24N2O2.ClH/c17-10-4-9-16(19)18(13-15-8-5-11-20-15)12-14-6-2-1-3-7-14;/h1-3,6-7,15H,4-5,8-13,17H2;1H. The number of nitrogens with zero attached hydrogens (tertiary/aromatic N) is 1. The second-order valence-corrected chi connectivity index (χ2v) is 5.29. The first kappa shape index (κ1) is 18.0. The molecule has 118 valence electrons. The first-order valence-corrected chi connectivity index (χ1v) is 7.43. The quantitative estimate of drug-likeness (QED) is 0.841. The third-order valence-electron chi connectivity index (χ3n) is 3.61. The maximum Gasteiger partial charge on any atom is 0.223 e. The molecule has 0 aliphatic carbocycles. The van der Waals surface area contributed by atoms with Gasteiger partial charge in [0.1, 0.15) is 0 Å². The van der Waals surface area contributed by atoms with Crippen LogP contribution >= 0.6 is 12.4 Å². The lowest BCUT2D eigenvalue weighted by atomic mass is 10.1. The molecular formula is C16H25ClN2O2. The van der Waals surface area contributed by atoms with Gasteiger partial charge in [0.15, 0.2) is 0 Å². The first-order valence-electron chi connectivity index (χ1n) is 7.43. The van der Waals surface area contributed by atoms with Crippen molar-refractivity contribution in [2.75, 3.05) is 19.7 Å². The minimum absolute atomic E-state index is 0. The lowest BCUT2D eigenvalue weighted by molar-refractivity contribution is -0.133. The monoisotopic (exact) mass is 312 g/mol. The number of rotatable bonds is 7. The molecule has 1 heterocycles. The Labute approximate surface area is 133 Å². The van der Waals surface area contributed by atoms with E-state index >= 15 is 0 Å². The molecule has 1 aliphatic rings. The fourth-order valence-electron chi connectivity index (χ4n) is 2.50. The maximum atomic E-state index is 12.3. The Morgan fingerprint density at radius 3 is 2.71 bits per heavy atom.